The van der Waals surface area contributed by atoms with Crippen molar-refractivity contribution in [2.75, 3.05) is 12.3 Å². The van der Waals surface area contributed by atoms with Gasteiger partial charge in [0.2, 0.25) is 11.7 Å². The van der Waals surface area contributed by atoms with Crippen molar-refractivity contribution in [3.8, 4) is 11.6 Å². The van der Waals surface area contributed by atoms with E-state index in [0.717, 1.165) is 18.5 Å². The molecule has 0 aliphatic heterocycles. The predicted molar refractivity (Wildman–Crippen MR) is 134 cm³/mol. The summed E-state index contributed by atoms with van der Waals surface area (Å²) in [6.45, 7) is 2.08. The molecule has 5 aromatic rings. The van der Waals surface area contributed by atoms with Crippen molar-refractivity contribution in [2.24, 2.45) is 0 Å². The second-order valence-corrected chi connectivity index (χ2v) is 8.86. The van der Waals surface area contributed by atoms with Crippen LogP contribution in [0.4, 0.5) is 0 Å². The number of thioether (sulfide) groups is 1. The predicted octanol–water partition coefficient (Wildman–Crippen LogP) is 4.84. The van der Waals surface area contributed by atoms with Crippen molar-refractivity contribution in [1.29, 1.82) is 0 Å². The number of nitrogens with zero attached hydrogens (tertiary/aromatic N) is 4. The van der Waals surface area contributed by atoms with E-state index in [4.69, 9.17) is 4.42 Å². The molecule has 34 heavy (non-hydrogen) atoms. The van der Waals surface area contributed by atoms with E-state index in [1.165, 1.54) is 22.7 Å². The lowest BCUT2D eigenvalue weighted by Crippen LogP contribution is -2.27. The summed E-state index contributed by atoms with van der Waals surface area (Å²) in [6, 6.07) is 24.2. The molecule has 0 aliphatic rings. The Bertz CT molecular complexity index is 1360. The number of carbonyl (C=O) groups excluding carboxylic acids is 1. The number of amides is 1. The summed E-state index contributed by atoms with van der Waals surface area (Å²) in [5.41, 5.74) is 2.34. The molecule has 0 fully saturated rings. The van der Waals surface area contributed by atoms with E-state index in [1.54, 1.807) is 6.26 Å². The van der Waals surface area contributed by atoms with Crippen molar-refractivity contribution in [2.45, 2.75) is 24.7 Å². The summed E-state index contributed by atoms with van der Waals surface area (Å²) in [5, 5.41) is 13.6. The zero-order valence-electron chi connectivity index (χ0n) is 18.6. The molecule has 0 unspecified atom stereocenters. The van der Waals surface area contributed by atoms with Crippen LogP contribution in [0.15, 0.2) is 94.8 Å². The Morgan fingerprint density at radius 2 is 1.82 bits per heavy atom. The maximum Gasteiger partial charge on any atom is 0.230 e. The van der Waals surface area contributed by atoms with E-state index in [1.807, 2.05) is 47.0 Å². The monoisotopic (exact) mass is 471 g/mol. The topological polar surface area (TPSA) is 77.9 Å². The molecule has 5 rings (SSSR count). The van der Waals surface area contributed by atoms with Gasteiger partial charge < -0.3 is 14.3 Å². The summed E-state index contributed by atoms with van der Waals surface area (Å²) < 4.78 is 9.76. The van der Waals surface area contributed by atoms with Gasteiger partial charge in [-0.3, -0.25) is 9.36 Å². The standard InChI is InChI=1S/C26H25N5O2S/c32-24(27-14-7-15-30-16-13-21-10-4-5-11-22(21)30)19-34-26-29-28-25(23-12-6-17-33-23)31(26)18-20-8-2-1-3-9-20/h1-6,8-13,16-17H,7,14-15,18-19H2,(H,27,32). The summed E-state index contributed by atoms with van der Waals surface area (Å²) >= 11 is 1.38. The molecular weight excluding hydrogens is 446 g/mol. The van der Waals surface area contributed by atoms with Gasteiger partial charge >= 0.3 is 0 Å². The van der Waals surface area contributed by atoms with Crippen molar-refractivity contribution >= 4 is 28.6 Å². The molecule has 1 amide bonds. The van der Waals surface area contributed by atoms with Gasteiger partial charge in [-0.15, -0.1) is 10.2 Å². The van der Waals surface area contributed by atoms with Gasteiger partial charge in [-0.2, -0.15) is 0 Å². The van der Waals surface area contributed by atoms with Gasteiger partial charge in [0.1, 0.15) is 0 Å². The van der Waals surface area contributed by atoms with E-state index in [9.17, 15) is 4.79 Å². The van der Waals surface area contributed by atoms with Crippen LogP contribution >= 0.6 is 11.8 Å². The van der Waals surface area contributed by atoms with Crippen LogP contribution in [0, 0.1) is 0 Å². The van der Waals surface area contributed by atoms with Crippen molar-refractivity contribution in [1.82, 2.24) is 24.6 Å². The first-order valence-corrected chi connectivity index (χ1v) is 12.2. The zero-order chi connectivity index (χ0) is 23.2. The Morgan fingerprint density at radius 3 is 2.68 bits per heavy atom. The molecule has 7 nitrogen and oxygen atoms in total. The third-order valence-corrected chi connectivity index (χ3v) is 6.52. The Morgan fingerprint density at radius 1 is 0.971 bits per heavy atom. The lowest BCUT2D eigenvalue weighted by molar-refractivity contribution is -0.118. The van der Waals surface area contributed by atoms with Crippen LogP contribution < -0.4 is 5.32 Å². The molecule has 3 aromatic heterocycles. The average molecular weight is 472 g/mol. The largest absolute Gasteiger partial charge is 0.461 e. The number of aromatic nitrogens is 4. The van der Waals surface area contributed by atoms with E-state index < -0.39 is 0 Å². The van der Waals surface area contributed by atoms with Crippen molar-refractivity contribution in [3.05, 3.63) is 90.8 Å². The fourth-order valence-electron chi connectivity index (χ4n) is 3.89. The van der Waals surface area contributed by atoms with E-state index in [-0.39, 0.29) is 11.7 Å². The number of aryl methyl sites for hydroxylation is 1. The highest BCUT2D eigenvalue weighted by Crippen LogP contribution is 2.25. The molecule has 0 saturated heterocycles. The molecule has 0 radical (unpaired) electrons. The summed E-state index contributed by atoms with van der Waals surface area (Å²) in [5.74, 6) is 1.56. The first kappa shape index (κ1) is 22.0. The molecule has 3 heterocycles. The van der Waals surface area contributed by atoms with Gasteiger partial charge in [0.05, 0.1) is 18.6 Å². The molecule has 172 valence electrons. The van der Waals surface area contributed by atoms with Crippen molar-refractivity contribution < 1.29 is 9.21 Å². The molecule has 8 heteroatoms. The second-order valence-electron chi connectivity index (χ2n) is 7.92. The third-order valence-electron chi connectivity index (χ3n) is 5.55. The molecule has 0 spiro atoms. The Labute approximate surface area is 201 Å². The average Bonchev–Trinajstić information content (AvgIpc) is 3.62. The molecular formula is C26H25N5O2S. The number of benzene rings is 2. The number of fused-ring (bicyclic) bond motifs is 1. The van der Waals surface area contributed by atoms with Gasteiger partial charge in [-0.25, -0.2) is 0 Å². The van der Waals surface area contributed by atoms with Crippen molar-refractivity contribution in [3.63, 3.8) is 0 Å². The number of para-hydroxylation sites is 1. The molecule has 0 aliphatic carbocycles. The minimum atomic E-state index is -0.0174. The maximum atomic E-state index is 12.5. The number of hydrogen-bond donors (Lipinski definition) is 1. The quantitative estimate of drug-likeness (QED) is 0.233. The van der Waals surface area contributed by atoms with Gasteiger partial charge in [-0.1, -0.05) is 60.3 Å². The molecule has 1 N–H and O–H groups in total. The molecule has 0 saturated carbocycles. The summed E-state index contributed by atoms with van der Waals surface area (Å²) in [4.78, 5) is 12.5. The summed E-state index contributed by atoms with van der Waals surface area (Å²) in [7, 11) is 0. The van der Waals surface area contributed by atoms with Crippen LogP contribution in [0.5, 0.6) is 0 Å². The normalized spacial score (nSPS) is 11.2. The molecule has 0 atom stereocenters. The SMILES string of the molecule is O=C(CSc1nnc(-c2ccco2)n1Cc1ccccc1)NCCCn1ccc2ccccc21. The highest BCUT2D eigenvalue weighted by Gasteiger charge is 2.17. The smallest absolute Gasteiger partial charge is 0.230 e. The second kappa shape index (κ2) is 10.4. The fraction of sp³-hybridized carbons (Fsp3) is 0.192. The van der Waals surface area contributed by atoms with Crippen LogP contribution in [0.3, 0.4) is 0 Å². The molecule has 2 aromatic carbocycles. The van der Waals surface area contributed by atoms with E-state index >= 15 is 0 Å². The first-order chi connectivity index (χ1) is 16.8. The third kappa shape index (κ3) is 5.07. The molecule has 0 bridgehead atoms. The Hall–Kier alpha value is -3.78. The highest BCUT2D eigenvalue weighted by atomic mass is 32.2. The number of carbonyl (C=O) groups is 1. The van der Waals surface area contributed by atoms with Gasteiger partial charge in [0.15, 0.2) is 10.9 Å². The van der Waals surface area contributed by atoms with E-state index in [2.05, 4.69) is 56.6 Å². The number of rotatable bonds is 10. The number of nitrogens with one attached hydrogen (secondary N) is 1. The number of furan rings is 1. The minimum Gasteiger partial charge on any atom is -0.461 e. The van der Waals surface area contributed by atoms with Crippen LogP contribution in [0.2, 0.25) is 0 Å². The first-order valence-electron chi connectivity index (χ1n) is 11.2. The van der Waals surface area contributed by atoms with Crippen LogP contribution in [0.25, 0.3) is 22.5 Å². The maximum absolute atomic E-state index is 12.5. The Balaban J connectivity index is 1.17. The number of hydrogen-bond acceptors (Lipinski definition) is 5. The lowest BCUT2D eigenvalue weighted by Gasteiger charge is -2.10. The van der Waals surface area contributed by atoms with Crippen LogP contribution in [0.1, 0.15) is 12.0 Å². The zero-order valence-corrected chi connectivity index (χ0v) is 19.4. The lowest BCUT2D eigenvalue weighted by atomic mass is 10.2. The van der Waals surface area contributed by atoms with Crippen LogP contribution in [-0.2, 0) is 17.9 Å². The fourth-order valence-corrected chi connectivity index (χ4v) is 4.65. The van der Waals surface area contributed by atoms with E-state index in [0.29, 0.717) is 29.8 Å². The highest BCUT2D eigenvalue weighted by molar-refractivity contribution is 7.99. The van der Waals surface area contributed by atoms with Crippen LogP contribution in [-0.4, -0.2) is 37.5 Å². The minimum absolute atomic E-state index is 0.0174. The summed E-state index contributed by atoms with van der Waals surface area (Å²) in [6.07, 6.45) is 4.58. The van der Waals surface area contributed by atoms with Gasteiger partial charge in [0.25, 0.3) is 0 Å². The van der Waals surface area contributed by atoms with Gasteiger partial charge in [-0.05, 0) is 41.6 Å². The Kier molecular flexibility index (Phi) is 6.76. The van der Waals surface area contributed by atoms with Gasteiger partial charge in [0, 0.05) is 24.8 Å².